The summed E-state index contributed by atoms with van der Waals surface area (Å²) in [5.41, 5.74) is 1.92. The third kappa shape index (κ3) is 3.59. The number of aliphatic carboxylic acids is 1. The summed E-state index contributed by atoms with van der Waals surface area (Å²) in [7, 11) is 0. The second-order valence-corrected chi connectivity index (χ2v) is 5.42. The molecule has 4 nitrogen and oxygen atoms in total. The van der Waals surface area contributed by atoms with Crippen molar-refractivity contribution in [3.63, 3.8) is 0 Å². The highest BCUT2D eigenvalue weighted by Gasteiger charge is 2.21. The molecule has 1 aliphatic rings. The first-order valence-corrected chi connectivity index (χ1v) is 7.22. The second kappa shape index (κ2) is 6.55. The predicted octanol–water partition coefficient (Wildman–Crippen LogP) is 3.11. The van der Waals surface area contributed by atoms with Crippen LogP contribution in [-0.4, -0.2) is 29.1 Å². The quantitative estimate of drug-likeness (QED) is 0.810. The lowest BCUT2D eigenvalue weighted by Crippen LogP contribution is -2.33. The van der Waals surface area contributed by atoms with Gasteiger partial charge in [0.2, 0.25) is 0 Å². The average Bonchev–Trinajstić information content (AvgIpc) is 2.36. The van der Waals surface area contributed by atoms with Crippen LogP contribution in [0.15, 0.2) is 18.3 Å². The van der Waals surface area contributed by atoms with Gasteiger partial charge in [0.05, 0.1) is 0 Å². The van der Waals surface area contributed by atoms with E-state index in [0.29, 0.717) is 0 Å². The number of carboxylic acids is 1. The number of carboxylic acid groups (broad SMARTS) is 1. The maximum atomic E-state index is 10.5. The number of hydrogen-bond acceptors (Lipinski definition) is 3. The van der Waals surface area contributed by atoms with Crippen molar-refractivity contribution < 1.29 is 9.90 Å². The van der Waals surface area contributed by atoms with E-state index in [2.05, 4.69) is 16.8 Å². The molecule has 4 heteroatoms. The molecule has 0 saturated heterocycles. The minimum absolute atomic E-state index is 0.808. The van der Waals surface area contributed by atoms with Gasteiger partial charge in [0, 0.05) is 25.4 Å². The van der Waals surface area contributed by atoms with Crippen LogP contribution in [0.25, 0.3) is 6.08 Å². The van der Waals surface area contributed by atoms with E-state index in [1.807, 2.05) is 13.0 Å². The summed E-state index contributed by atoms with van der Waals surface area (Å²) in [4.78, 5) is 17.4. The van der Waals surface area contributed by atoms with Crippen molar-refractivity contribution in [2.75, 3.05) is 18.0 Å². The Balaban J connectivity index is 2.12. The van der Waals surface area contributed by atoms with Crippen LogP contribution in [-0.2, 0) is 4.79 Å². The van der Waals surface area contributed by atoms with E-state index >= 15 is 0 Å². The lowest BCUT2D eigenvalue weighted by atomic mass is 9.85. The number of rotatable bonds is 6. The maximum Gasteiger partial charge on any atom is 0.328 e. The number of pyridine rings is 1. The van der Waals surface area contributed by atoms with Gasteiger partial charge in [-0.05, 0) is 55.9 Å². The SMILES string of the molecule is CCN(CC1CCC1)c1ncc(/C=C/C(=O)O)cc1C. The van der Waals surface area contributed by atoms with Crippen molar-refractivity contribution in [1.82, 2.24) is 4.98 Å². The number of aromatic nitrogens is 1. The third-order valence-electron chi connectivity index (χ3n) is 3.87. The Kier molecular flexibility index (Phi) is 4.77. The lowest BCUT2D eigenvalue weighted by molar-refractivity contribution is -0.131. The first-order chi connectivity index (χ1) is 9.60. The van der Waals surface area contributed by atoms with Crippen LogP contribution in [0, 0.1) is 12.8 Å². The van der Waals surface area contributed by atoms with Crippen molar-refractivity contribution in [1.29, 1.82) is 0 Å². The van der Waals surface area contributed by atoms with E-state index in [1.54, 1.807) is 12.3 Å². The Bertz CT molecular complexity index is 507. The molecule has 0 atom stereocenters. The predicted molar refractivity (Wildman–Crippen MR) is 80.9 cm³/mol. The fraction of sp³-hybridized carbons (Fsp3) is 0.500. The molecule has 0 bridgehead atoms. The first-order valence-electron chi connectivity index (χ1n) is 7.22. The molecular weight excluding hydrogens is 252 g/mol. The van der Waals surface area contributed by atoms with Gasteiger partial charge in [-0.15, -0.1) is 0 Å². The summed E-state index contributed by atoms with van der Waals surface area (Å²) < 4.78 is 0. The monoisotopic (exact) mass is 274 g/mol. The van der Waals surface area contributed by atoms with Gasteiger partial charge in [-0.2, -0.15) is 0 Å². The molecule has 1 fully saturated rings. The smallest absolute Gasteiger partial charge is 0.328 e. The van der Waals surface area contributed by atoms with Crippen LogP contribution >= 0.6 is 0 Å². The highest BCUT2D eigenvalue weighted by molar-refractivity contribution is 5.85. The zero-order valence-electron chi connectivity index (χ0n) is 12.2. The van der Waals surface area contributed by atoms with Crippen molar-refractivity contribution >= 4 is 17.9 Å². The summed E-state index contributed by atoms with van der Waals surface area (Å²) in [6, 6.07) is 1.99. The lowest BCUT2D eigenvalue weighted by Gasteiger charge is -2.33. The number of hydrogen-bond donors (Lipinski definition) is 1. The minimum Gasteiger partial charge on any atom is -0.478 e. The van der Waals surface area contributed by atoms with Gasteiger partial charge in [0.15, 0.2) is 0 Å². The molecule has 0 aromatic carbocycles. The van der Waals surface area contributed by atoms with E-state index in [4.69, 9.17) is 5.11 Å². The van der Waals surface area contributed by atoms with Crippen LogP contribution in [0.1, 0.15) is 37.3 Å². The average molecular weight is 274 g/mol. The van der Waals surface area contributed by atoms with Crippen LogP contribution < -0.4 is 4.90 Å². The Morgan fingerprint density at radius 3 is 2.80 bits per heavy atom. The Hall–Kier alpha value is -1.84. The van der Waals surface area contributed by atoms with E-state index in [1.165, 1.54) is 19.3 Å². The van der Waals surface area contributed by atoms with Crippen molar-refractivity contribution in [3.8, 4) is 0 Å². The Labute approximate surface area is 120 Å². The molecule has 1 saturated carbocycles. The van der Waals surface area contributed by atoms with Gasteiger partial charge in [-0.25, -0.2) is 9.78 Å². The van der Waals surface area contributed by atoms with Gasteiger partial charge in [0.25, 0.3) is 0 Å². The zero-order chi connectivity index (χ0) is 14.5. The van der Waals surface area contributed by atoms with E-state index < -0.39 is 5.97 Å². The molecule has 20 heavy (non-hydrogen) atoms. The molecule has 0 unspecified atom stereocenters. The minimum atomic E-state index is -0.938. The molecule has 1 heterocycles. The number of carbonyl (C=O) groups is 1. The molecular formula is C16H22N2O2. The number of nitrogens with zero attached hydrogens (tertiary/aromatic N) is 2. The third-order valence-corrected chi connectivity index (χ3v) is 3.87. The van der Waals surface area contributed by atoms with Crippen molar-refractivity contribution in [3.05, 3.63) is 29.5 Å². The van der Waals surface area contributed by atoms with E-state index in [0.717, 1.165) is 42.0 Å². The van der Waals surface area contributed by atoms with Crippen LogP contribution in [0.4, 0.5) is 5.82 Å². The highest BCUT2D eigenvalue weighted by Crippen LogP contribution is 2.29. The first kappa shape index (κ1) is 14.6. The van der Waals surface area contributed by atoms with E-state index in [-0.39, 0.29) is 0 Å². The van der Waals surface area contributed by atoms with Crippen LogP contribution in [0.2, 0.25) is 0 Å². The summed E-state index contributed by atoms with van der Waals surface area (Å²) in [6.45, 7) is 6.21. The molecule has 1 aromatic heterocycles. The molecule has 0 radical (unpaired) electrons. The largest absolute Gasteiger partial charge is 0.478 e. The molecule has 108 valence electrons. The molecule has 1 aliphatic carbocycles. The van der Waals surface area contributed by atoms with Crippen molar-refractivity contribution in [2.24, 2.45) is 5.92 Å². The highest BCUT2D eigenvalue weighted by atomic mass is 16.4. The zero-order valence-corrected chi connectivity index (χ0v) is 12.2. The van der Waals surface area contributed by atoms with Crippen molar-refractivity contribution in [2.45, 2.75) is 33.1 Å². The molecule has 1 N–H and O–H groups in total. The summed E-state index contributed by atoms with van der Waals surface area (Å²) in [5.74, 6) is 0.890. The number of anilines is 1. The maximum absolute atomic E-state index is 10.5. The fourth-order valence-corrected chi connectivity index (χ4v) is 2.53. The van der Waals surface area contributed by atoms with E-state index in [9.17, 15) is 4.79 Å². The van der Waals surface area contributed by atoms with Gasteiger partial charge in [0.1, 0.15) is 5.82 Å². The van der Waals surface area contributed by atoms with Crippen LogP contribution in [0.5, 0.6) is 0 Å². The number of aryl methyl sites for hydroxylation is 1. The van der Waals surface area contributed by atoms with Gasteiger partial charge in [-0.3, -0.25) is 0 Å². The Morgan fingerprint density at radius 2 is 2.30 bits per heavy atom. The van der Waals surface area contributed by atoms with Gasteiger partial charge < -0.3 is 10.0 Å². The van der Waals surface area contributed by atoms with Gasteiger partial charge >= 0.3 is 5.97 Å². The molecule has 0 spiro atoms. The normalized spacial score (nSPS) is 15.3. The standard InChI is InChI=1S/C16H22N2O2/c1-3-18(11-13-5-4-6-13)16-12(2)9-14(10-17-16)7-8-15(19)20/h7-10,13H,3-6,11H2,1-2H3,(H,19,20)/b8-7+. The molecule has 0 amide bonds. The summed E-state index contributed by atoms with van der Waals surface area (Å²) in [6.07, 6.45) is 8.47. The molecule has 2 rings (SSSR count). The molecule has 1 aromatic rings. The summed E-state index contributed by atoms with van der Waals surface area (Å²) in [5, 5.41) is 8.64. The topological polar surface area (TPSA) is 53.4 Å². The summed E-state index contributed by atoms with van der Waals surface area (Å²) >= 11 is 0. The molecule has 0 aliphatic heterocycles. The Morgan fingerprint density at radius 1 is 1.55 bits per heavy atom. The second-order valence-electron chi connectivity index (χ2n) is 5.42. The van der Waals surface area contributed by atoms with Crippen LogP contribution in [0.3, 0.4) is 0 Å². The fourth-order valence-electron chi connectivity index (χ4n) is 2.53. The van der Waals surface area contributed by atoms with Gasteiger partial charge in [-0.1, -0.05) is 6.42 Å².